The Balaban J connectivity index is 1.58. The summed E-state index contributed by atoms with van der Waals surface area (Å²) in [4.78, 5) is 7.28. The lowest BCUT2D eigenvalue weighted by molar-refractivity contribution is 0.297. The summed E-state index contributed by atoms with van der Waals surface area (Å²) in [6.45, 7) is 6.00. The molecule has 0 N–H and O–H groups in total. The second kappa shape index (κ2) is 6.40. The largest absolute Gasteiger partial charge is 0.490 e. The Morgan fingerprint density at radius 3 is 2.91 bits per heavy atom. The molecule has 4 rings (SSSR count). The van der Waals surface area contributed by atoms with Gasteiger partial charge in [0.15, 0.2) is 16.6 Å². The van der Waals surface area contributed by atoms with Crippen LogP contribution in [-0.4, -0.2) is 31.3 Å². The number of piperidine rings is 1. The van der Waals surface area contributed by atoms with Crippen molar-refractivity contribution in [3.63, 3.8) is 0 Å². The van der Waals surface area contributed by atoms with E-state index in [1.807, 2.05) is 6.07 Å². The highest BCUT2D eigenvalue weighted by Crippen LogP contribution is 2.36. The lowest BCUT2D eigenvalue weighted by Crippen LogP contribution is -2.34. The number of rotatable bonds is 2. The topological polar surface area (TPSA) is 34.6 Å². The normalized spacial score (nSPS) is 21.1. The number of fused-ring (bicyclic) bond motifs is 1. The van der Waals surface area contributed by atoms with Crippen molar-refractivity contribution < 1.29 is 9.47 Å². The molecule has 1 saturated heterocycles. The zero-order valence-corrected chi connectivity index (χ0v) is 14.3. The molecule has 2 aromatic rings. The first-order valence-corrected chi connectivity index (χ1v) is 9.28. The van der Waals surface area contributed by atoms with Crippen LogP contribution in [0.1, 0.15) is 26.2 Å². The van der Waals surface area contributed by atoms with Crippen LogP contribution in [-0.2, 0) is 0 Å². The van der Waals surface area contributed by atoms with E-state index in [1.54, 1.807) is 11.3 Å². The van der Waals surface area contributed by atoms with Gasteiger partial charge in [-0.1, -0.05) is 6.92 Å². The van der Waals surface area contributed by atoms with Crippen LogP contribution in [0, 0.1) is 5.92 Å². The molecule has 0 radical (unpaired) electrons. The van der Waals surface area contributed by atoms with Gasteiger partial charge in [0.25, 0.3) is 0 Å². The number of anilines is 1. The summed E-state index contributed by atoms with van der Waals surface area (Å²) in [6, 6.07) is 6.13. The van der Waals surface area contributed by atoms with E-state index in [2.05, 4.69) is 29.3 Å². The molecule has 0 amide bonds. The summed E-state index contributed by atoms with van der Waals surface area (Å²) in [5.74, 6) is 2.43. The highest BCUT2D eigenvalue weighted by Gasteiger charge is 2.20. The van der Waals surface area contributed by atoms with Crippen LogP contribution < -0.4 is 14.4 Å². The number of benzene rings is 1. The number of thiazole rings is 1. The fourth-order valence-corrected chi connectivity index (χ4v) is 4.10. The lowest BCUT2D eigenvalue weighted by atomic mass is 10.0. The van der Waals surface area contributed by atoms with Crippen LogP contribution in [0.15, 0.2) is 23.6 Å². The molecule has 2 aliphatic rings. The number of hydrogen-bond donors (Lipinski definition) is 0. The highest BCUT2D eigenvalue weighted by atomic mass is 32.1. The van der Waals surface area contributed by atoms with Crippen LogP contribution >= 0.6 is 11.3 Å². The van der Waals surface area contributed by atoms with Gasteiger partial charge in [-0.3, -0.25) is 0 Å². The molecule has 1 aromatic carbocycles. The van der Waals surface area contributed by atoms with Crippen LogP contribution in [0.5, 0.6) is 11.5 Å². The van der Waals surface area contributed by atoms with E-state index >= 15 is 0 Å². The van der Waals surface area contributed by atoms with Gasteiger partial charge >= 0.3 is 0 Å². The van der Waals surface area contributed by atoms with Crippen molar-refractivity contribution >= 4 is 16.5 Å². The van der Waals surface area contributed by atoms with Crippen molar-refractivity contribution in [1.29, 1.82) is 0 Å². The van der Waals surface area contributed by atoms with E-state index in [1.165, 1.54) is 12.8 Å². The zero-order chi connectivity index (χ0) is 15.6. The number of ether oxygens (including phenoxy) is 2. The van der Waals surface area contributed by atoms with Crippen molar-refractivity contribution in [1.82, 2.24) is 4.98 Å². The minimum absolute atomic E-state index is 0.713. The third-order valence-electron chi connectivity index (χ3n) is 4.46. The van der Waals surface area contributed by atoms with Gasteiger partial charge in [-0.15, -0.1) is 11.3 Å². The van der Waals surface area contributed by atoms with Gasteiger partial charge in [0.05, 0.1) is 18.9 Å². The summed E-state index contributed by atoms with van der Waals surface area (Å²) in [5.41, 5.74) is 2.13. The second-order valence-electron chi connectivity index (χ2n) is 6.42. The third kappa shape index (κ3) is 3.15. The first kappa shape index (κ1) is 14.8. The summed E-state index contributed by atoms with van der Waals surface area (Å²) >= 11 is 1.74. The van der Waals surface area contributed by atoms with E-state index in [9.17, 15) is 0 Å². The van der Waals surface area contributed by atoms with Crippen molar-refractivity contribution in [2.75, 3.05) is 31.2 Å². The Morgan fingerprint density at radius 1 is 1.17 bits per heavy atom. The Kier molecular flexibility index (Phi) is 4.12. The number of hydrogen-bond acceptors (Lipinski definition) is 5. The quantitative estimate of drug-likeness (QED) is 0.826. The Hall–Kier alpha value is -1.75. The van der Waals surface area contributed by atoms with Crippen LogP contribution in [0.4, 0.5) is 5.13 Å². The van der Waals surface area contributed by atoms with Gasteiger partial charge in [-0.25, -0.2) is 4.98 Å². The molecule has 4 nitrogen and oxygen atoms in total. The summed E-state index contributed by atoms with van der Waals surface area (Å²) in [7, 11) is 0. The average molecular weight is 330 g/mol. The molecule has 0 saturated carbocycles. The SMILES string of the molecule is C[C@H]1CCCN(c2nc(-c3ccc4c(c3)OCCCO4)cs2)C1. The Bertz CT molecular complexity index is 685. The molecule has 3 heterocycles. The van der Waals surface area contributed by atoms with Crippen LogP contribution in [0.2, 0.25) is 0 Å². The molecular weight excluding hydrogens is 308 g/mol. The molecule has 122 valence electrons. The highest BCUT2D eigenvalue weighted by molar-refractivity contribution is 7.14. The zero-order valence-electron chi connectivity index (χ0n) is 13.5. The van der Waals surface area contributed by atoms with Gasteiger partial charge in [0.1, 0.15) is 0 Å². The molecular formula is C18H22N2O2S. The molecule has 2 aliphatic heterocycles. The van der Waals surface area contributed by atoms with Gasteiger partial charge in [-0.05, 0) is 37.0 Å². The molecule has 0 spiro atoms. The first-order chi connectivity index (χ1) is 11.3. The van der Waals surface area contributed by atoms with Gasteiger partial charge < -0.3 is 14.4 Å². The summed E-state index contributed by atoms with van der Waals surface area (Å²) in [5, 5.41) is 3.28. The molecule has 23 heavy (non-hydrogen) atoms. The van der Waals surface area contributed by atoms with Crippen LogP contribution in [0.25, 0.3) is 11.3 Å². The maximum atomic E-state index is 5.79. The van der Waals surface area contributed by atoms with Crippen molar-refractivity contribution in [3.8, 4) is 22.8 Å². The predicted octanol–water partition coefficient (Wildman–Crippen LogP) is 4.21. The number of nitrogens with zero attached hydrogens (tertiary/aromatic N) is 2. The summed E-state index contributed by atoms with van der Waals surface area (Å²) in [6.07, 6.45) is 3.52. The van der Waals surface area contributed by atoms with E-state index in [4.69, 9.17) is 14.5 Å². The fourth-order valence-electron chi connectivity index (χ4n) is 3.23. The monoisotopic (exact) mass is 330 g/mol. The van der Waals surface area contributed by atoms with Gasteiger partial charge in [-0.2, -0.15) is 0 Å². The molecule has 5 heteroatoms. The Labute approximate surface area is 141 Å². The van der Waals surface area contributed by atoms with E-state index < -0.39 is 0 Å². The maximum Gasteiger partial charge on any atom is 0.185 e. The smallest absolute Gasteiger partial charge is 0.185 e. The third-order valence-corrected chi connectivity index (χ3v) is 5.36. The maximum absolute atomic E-state index is 5.79. The van der Waals surface area contributed by atoms with Gasteiger partial charge in [0, 0.05) is 30.5 Å². The van der Waals surface area contributed by atoms with Gasteiger partial charge in [0.2, 0.25) is 0 Å². The van der Waals surface area contributed by atoms with E-state index in [0.29, 0.717) is 6.61 Å². The second-order valence-corrected chi connectivity index (χ2v) is 7.26. The minimum Gasteiger partial charge on any atom is -0.490 e. The fraction of sp³-hybridized carbons (Fsp3) is 0.500. The molecule has 0 bridgehead atoms. The number of aromatic nitrogens is 1. The molecule has 1 fully saturated rings. The predicted molar refractivity (Wildman–Crippen MR) is 93.8 cm³/mol. The lowest BCUT2D eigenvalue weighted by Gasteiger charge is -2.30. The molecule has 1 aromatic heterocycles. The van der Waals surface area contributed by atoms with Crippen molar-refractivity contribution in [3.05, 3.63) is 23.6 Å². The summed E-state index contributed by atoms with van der Waals surface area (Å²) < 4.78 is 11.5. The molecule has 0 aliphatic carbocycles. The average Bonchev–Trinajstić information content (AvgIpc) is 2.94. The van der Waals surface area contributed by atoms with Crippen LogP contribution in [0.3, 0.4) is 0 Å². The van der Waals surface area contributed by atoms with Crippen molar-refractivity contribution in [2.45, 2.75) is 26.2 Å². The molecule has 1 atom stereocenters. The van der Waals surface area contributed by atoms with E-state index in [0.717, 1.165) is 59.9 Å². The minimum atomic E-state index is 0.713. The van der Waals surface area contributed by atoms with Crippen molar-refractivity contribution in [2.24, 2.45) is 5.92 Å². The standard InChI is InChI=1S/C18H22N2O2S/c1-13-4-2-7-20(11-13)18-19-15(12-23-18)14-5-6-16-17(10-14)22-9-3-8-21-16/h5-6,10,12-13H,2-4,7-9,11H2,1H3/t13-/m0/s1. The molecule has 0 unspecified atom stereocenters. The Morgan fingerprint density at radius 2 is 2.04 bits per heavy atom. The van der Waals surface area contributed by atoms with E-state index in [-0.39, 0.29) is 0 Å². The first-order valence-electron chi connectivity index (χ1n) is 8.40.